The van der Waals surface area contributed by atoms with E-state index in [1.807, 2.05) is 11.3 Å². The normalized spacial score (nSPS) is 12.6. The predicted octanol–water partition coefficient (Wildman–Crippen LogP) is 20.2. The average molecular weight is 1030 g/mol. The summed E-state index contributed by atoms with van der Waals surface area (Å²) in [6, 6.07) is 88.6. The SMILES string of the molecule is c1ccc2c(c1)c1ccccc1n2-c1ccc2oc3ccc(-n4c5ccccc5c5c6sc7c(ccc8c7c7ccccc7n8-c7ccc8oc9ccc(-n%10c%11ccccc%11c%11ccccc%11%10)cc9c8c7)c6ccc54)cc3c2c1. The Hall–Kier alpha value is -10.3. The number of aromatic nitrogens is 4. The molecule has 0 atom stereocenters. The van der Waals surface area contributed by atoms with Crippen LogP contribution in [0.4, 0.5) is 0 Å². The maximum atomic E-state index is 6.58. The Balaban J connectivity index is 0.786. The van der Waals surface area contributed by atoms with Crippen molar-refractivity contribution in [3.63, 3.8) is 0 Å². The Morgan fingerprint density at radius 2 is 0.481 bits per heavy atom. The van der Waals surface area contributed by atoms with Crippen LogP contribution in [0.3, 0.4) is 0 Å². The largest absolute Gasteiger partial charge is 0.456 e. The summed E-state index contributed by atoms with van der Waals surface area (Å²) in [5, 5.41) is 16.9. The molecule has 6 nitrogen and oxygen atoms in total. The van der Waals surface area contributed by atoms with Crippen LogP contribution in [-0.2, 0) is 0 Å². The van der Waals surface area contributed by atoms with Crippen LogP contribution in [0, 0.1) is 0 Å². The molecule has 366 valence electrons. The van der Waals surface area contributed by atoms with E-state index >= 15 is 0 Å². The first-order valence-electron chi connectivity index (χ1n) is 26.9. The fraction of sp³-hybridized carbons (Fsp3) is 0. The first-order chi connectivity index (χ1) is 39.2. The van der Waals surface area contributed by atoms with Crippen molar-refractivity contribution in [3.05, 3.63) is 243 Å². The average Bonchev–Trinajstić information content (AvgIpc) is 4.48. The van der Waals surface area contributed by atoms with Crippen LogP contribution in [0.5, 0.6) is 0 Å². The fourth-order valence-electron chi connectivity index (χ4n) is 13.8. The van der Waals surface area contributed by atoms with Crippen molar-refractivity contribution in [2.45, 2.75) is 0 Å². The highest BCUT2D eigenvalue weighted by Crippen LogP contribution is 2.49. The van der Waals surface area contributed by atoms with Gasteiger partial charge in [0.05, 0.1) is 44.1 Å². The number of para-hydroxylation sites is 6. The standard InChI is InChI=1S/C72H40N4O2S/c1-7-19-57-45(13-1)46-14-2-8-20-58(46)73(57)41-25-33-65-53(37-41)55-39-43(27-35-67(55)77-65)75-61-23-11-5-17-51(61)69-63(75)31-29-49-50-30-32-64-70(72(50)79-71(49)69)52-18-6-12-24-62(52)76(64)44-28-36-68-56(40-44)54-38-42(26-34-66(54)78-68)74-59-21-9-3-15-47(59)48-16-4-10-22-60(48)74/h1-40H. The van der Waals surface area contributed by atoms with E-state index in [9.17, 15) is 0 Å². The third-order valence-electron chi connectivity index (χ3n) is 17.1. The summed E-state index contributed by atoms with van der Waals surface area (Å²) in [4.78, 5) is 0. The van der Waals surface area contributed by atoms with Gasteiger partial charge in [-0.05, 0) is 121 Å². The van der Waals surface area contributed by atoms with E-state index in [0.717, 1.165) is 66.6 Å². The molecular formula is C72H40N4O2S. The maximum absolute atomic E-state index is 6.58. The predicted molar refractivity (Wildman–Crippen MR) is 331 cm³/mol. The monoisotopic (exact) mass is 1020 g/mol. The number of benzene rings is 12. The molecule has 7 heterocycles. The Bertz CT molecular complexity index is 5420. The molecule has 0 N–H and O–H groups in total. The lowest BCUT2D eigenvalue weighted by Gasteiger charge is -2.09. The maximum Gasteiger partial charge on any atom is 0.135 e. The van der Waals surface area contributed by atoms with E-state index < -0.39 is 0 Å². The smallest absolute Gasteiger partial charge is 0.135 e. The molecule has 7 aromatic heterocycles. The van der Waals surface area contributed by atoms with E-state index in [0.29, 0.717) is 0 Å². The number of rotatable bonds is 4. The van der Waals surface area contributed by atoms with Gasteiger partial charge in [-0.25, -0.2) is 0 Å². The molecule has 0 saturated carbocycles. The molecule has 0 radical (unpaired) electrons. The van der Waals surface area contributed by atoms with E-state index in [1.165, 1.54) is 107 Å². The summed E-state index contributed by atoms with van der Waals surface area (Å²) >= 11 is 1.92. The van der Waals surface area contributed by atoms with Crippen LogP contribution in [0.2, 0.25) is 0 Å². The van der Waals surface area contributed by atoms with Gasteiger partial charge < -0.3 is 27.1 Å². The molecule has 0 spiro atoms. The Kier molecular flexibility index (Phi) is 8.05. The van der Waals surface area contributed by atoms with Crippen molar-refractivity contribution in [1.29, 1.82) is 0 Å². The van der Waals surface area contributed by atoms with Gasteiger partial charge >= 0.3 is 0 Å². The lowest BCUT2D eigenvalue weighted by molar-refractivity contribution is 0.668. The number of hydrogen-bond acceptors (Lipinski definition) is 3. The molecule has 19 rings (SSSR count). The van der Waals surface area contributed by atoms with Gasteiger partial charge in [0, 0.05) is 108 Å². The third-order valence-corrected chi connectivity index (χ3v) is 18.4. The summed E-state index contributed by atoms with van der Waals surface area (Å²) in [5.41, 5.74) is 17.4. The summed E-state index contributed by atoms with van der Waals surface area (Å²) in [5.74, 6) is 0. The molecular weight excluding hydrogens is 985 g/mol. The topological polar surface area (TPSA) is 46.0 Å². The van der Waals surface area contributed by atoms with Crippen molar-refractivity contribution < 1.29 is 8.83 Å². The van der Waals surface area contributed by atoms with Gasteiger partial charge in [-0.1, -0.05) is 121 Å². The van der Waals surface area contributed by atoms with Gasteiger partial charge in [0.2, 0.25) is 0 Å². The van der Waals surface area contributed by atoms with Crippen LogP contribution in [0.25, 0.3) is 174 Å². The van der Waals surface area contributed by atoms with Gasteiger partial charge in [-0.15, -0.1) is 11.3 Å². The lowest BCUT2D eigenvalue weighted by atomic mass is 10.1. The zero-order valence-corrected chi connectivity index (χ0v) is 42.9. The Morgan fingerprint density at radius 3 is 0.797 bits per heavy atom. The van der Waals surface area contributed by atoms with Crippen LogP contribution in [0.15, 0.2) is 251 Å². The van der Waals surface area contributed by atoms with Gasteiger partial charge in [-0.2, -0.15) is 0 Å². The van der Waals surface area contributed by atoms with Gasteiger partial charge in [0.25, 0.3) is 0 Å². The summed E-state index contributed by atoms with van der Waals surface area (Å²) in [7, 11) is 0. The highest BCUT2D eigenvalue weighted by atomic mass is 32.1. The Morgan fingerprint density at radius 1 is 0.215 bits per heavy atom. The Labute approximate surface area is 452 Å². The molecule has 0 aliphatic heterocycles. The molecule has 0 saturated heterocycles. The minimum absolute atomic E-state index is 0.872. The third kappa shape index (κ3) is 5.53. The molecule has 0 amide bonds. The van der Waals surface area contributed by atoms with Crippen LogP contribution in [-0.4, -0.2) is 18.3 Å². The highest BCUT2D eigenvalue weighted by Gasteiger charge is 2.24. The lowest BCUT2D eigenvalue weighted by Crippen LogP contribution is -1.94. The van der Waals surface area contributed by atoms with Gasteiger partial charge in [0.15, 0.2) is 0 Å². The molecule has 0 aliphatic rings. The second-order valence-corrected chi connectivity index (χ2v) is 22.2. The van der Waals surface area contributed by atoms with Crippen molar-refractivity contribution in [2.24, 2.45) is 0 Å². The number of hydrogen-bond donors (Lipinski definition) is 0. The molecule has 0 aliphatic carbocycles. The molecule has 19 aromatic rings. The minimum Gasteiger partial charge on any atom is -0.456 e. The quantitative estimate of drug-likeness (QED) is 0.176. The van der Waals surface area contributed by atoms with E-state index in [2.05, 4.69) is 261 Å². The first-order valence-corrected chi connectivity index (χ1v) is 27.7. The molecule has 0 bridgehead atoms. The van der Waals surface area contributed by atoms with Crippen LogP contribution >= 0.6 is 11.3 Å². The number of fused-ring (bicyclic) bond motifs is 23. The van der Waals surface area contributed by atoms with Crippen molar-refractivity contribution >= 4 is 163 Å². The number of furan rings is 2. The molecule has 79 heavy (non-hydrogen) atoms. The number of nitrogens with zero attached hydrogens (tertiary/aromatic N) is 4. The summed E-state index contributed by atoms with van der Waals surface area (Å²) in [6.07, 6.45) is 0. The van der Waals surface area contributed by atoms with Gasteiger partial charge in [0.1, 0.15) is 22.3 Å². The summed E-state index contributed by atoms with van der Waals surface area (Å²) in [6.45, 7) is 0. The zero-order valence-electron chi connectivity index (χ0n) is 42.1. The fourth-order valence-corrected chi connectivity index (χ4v) is 15.2. The van der Waals surface area contributed by atoms with Crippen LogP contribution < -0.4 is 0 Å². The van der Waals surface area contributed by atoms with Crippen molar-refractivity contribution in [1.82, 2.24) is 18.3 Å². The number of thiophene rings is 1. The molecule has 7 heteroatoms. The second-order valence-electron chi connectivity index (χ2n) is 21.1. The zero-order chi connectivity index (χ0) is 51.2. The first kappa shape index (κ1) is 41.9. The van der Waals surface area contributed by atoms with Crippen molar-refractivity contribution in [2.75, 3.05) is 0 Å². The van der Waals surface area contributed by atoms with E-state index in [4.69, 9.17) is 8.83 Å². The second kappa shape index (κ2) is 15.2. The molecule has 12 aromatic carbocycles. The van der Waals surface area contributed by atoms with Crippen LogP contribution in [0.1, 0.15) is 0 Å². The van der Waals surface area contributed by atoms with E-state index in [-0.39, 0.29) is 0 Å². The molecule has 0 fully saturated rings. The minimum atomic E-state index is 0.872. The van der Waals surface area contributed by atoms with Crippen molar-refractivity contribution in [3.8, 4) is 22.7 Å². The highest BCUT2D eigenvalue weighted by molar-refractivity contribution is 7.27. The summed E-state index contributed by atoms with van der Waals surface area (Å²) < 4.78 is 25.4. The van der Waals surface area contributed by atoms with Gasteiger partial charge in [-0.3, -0.25) is 0 Å². The molecule has 0 unspecified atom stereocenters. The van der Waals surface area contributed by atoms with E-state index in [1.54, 1.807) is 0 Å².